The predicted molar refractivity (Wildman–Crippen MR) is 95.2 cm³/mol. The quantitative estimate of drug-likeness (QED) is 0.664. The van der Waals surface area contributed by atoms with E-state index >= 15 is 0 Å². The van der Waals surface area contributed by atoms with Gasteiger partial charge in [-0.2, -0.15) is 0 Å². The zero-order valence-electron chi connectivity index (χ0n) is 13.4. The van der Waals surface area contributed by atoms with E-state index in [1.54, 1.807) is 0 Å². The lowest BCUT2D eigenvalue weighted by Crippen LogP contribution is -2.25. The van der Waals surface area contributed by atoms with Crippen LogP contribution in [0.4, 0.5) is 0 Å². The van der Waals surface area contributed by atoms with Gasteiger partial charge in [0.15, 0.2) is 5.78 Å². The Morgan fingerprint density at radius 1 is 0.667 bits per heavy atom. The Hall–Kier alpha value is -2.67. The van der Waals surface area contributed by atoms with Crippen molar-refractivity contribution in [2.24, 2.45) is 5.41 Å². The largest absolute Gasteiger partial charge is 0.293 e. The van der Waals surface area contributed by atoms with Gasteiger partial charge in [0, 0.05) is 11.0 Å². The van der Waals surface area contributed by atoms with Crippen molar-refractivity contribution in [2.75, 3.05) is 0 Å². The molecule has 1 heteroatoms. The van der Waals surface area contributed by atoms with Crippen LogP contribution in [0, 0.1) is 5.41 Å². The Morgan fingerprint density at radius 3 is 1.79 bits per heavy atom. The number of Topliss-reactive ketones (excluding diaryl/α,β-unsaturated/α-hetero) is 1. The van der Waals surface area contributed by atoms with E-state index in [2.05, 4.69) is 54.6 Å². The van der Waals surface area contributed by atoms with Crippen molar-refractivity contribution in [2.45, 2.75) is 18.3 Å². The van der Waals surface area contributed by atoms with Crippen molar-refractivity contribution >= 4 is 5.78 Å². The van der Waals surface area contributed by atoms with Crippen LogP contribution in [0.2, 0.25) is 0 Å². The number of fused-ring (bicyclic) bond motifs is 1. The number of hydrogen-bond acceptors (Lipinski definition) is 1. The van der Waals surface area contributed by atoms with Gasteiger partial charge in [0.1, 0.15) is 0 Å². The second-order valence-corrected chi connectivity index (χ2v) is 7.06. The van der Waals surface area contributed by atoms with Gasteiger partial charge in [-0.25, -0.2) is 0 Å². The van der Waals surface area contributed by atoms with Gasteiger partial charge >= 0.3 is 0 Å². The summed E-state index contributed by atoms with van der Waals surface area (Å²) in [6.07, 6.45) is 1.76. The van der Waals surface area contributed by atoms with E-state index in [1.165, 1.54) is 16.7 Å². The molecule has 0 aliphatic heterocycles. The van der Waals surface area contributed by atoms with Crippen LogP contribution < -0.4 is 0 Å². The first-order valence-electron chi connectivity index (χ1n) is 8.52. The van der Waals surface area contributed by atoms with Crippen LogP contribution in [0.25, 0.3) is 0 Å². The minimum absolute atomic E-state index is 0.189. The topological polar surface area (TPSA) is 17.1 Å². The first kappa shape index (κ1) is 13.7. The summed E-state index contributed by atoms with van der Waals surface area (Å²) in [7, 11) is 0. The van der Waals surface area contributed by atoms with E-state index < -0.39 is 0 Å². The maximum atomic E-state index is 13.3. The molecule has 0 heterocycles. The lowest BCUT2D eigenvalue weighted by atomic mass is 9.78. The number of ketones is 1. The van der Waals surface area contributed by atoms with Crippen molar-refractivity contribution in [1.29, 1.82) is 0 Å². The van der Waals surface area contributed by atoms with E-state index in [0.717, 1.165) is 18.4 Å². The highest BCUT2D eigenvalue weighted by Crippen LogP contribution is 2.72. The van der Waals surface area contributed by atoms with Crippen LogP contribution in [0.3, 0.4) is 0 Å². The molecule has 1 atom stereocenters. The molecule has 3 aromatic rings. The fourth-order valence-corrected chi connectivity index (χ4v) is 4.82. The van der Waals surface area contributed by atoms with Gasteiger partial charge in [-0.3, -0.25) is 4.79 Å². The van der Waals surface area contributed by atoms with Gasteiger partial charge in [0.25, 0.3) is 0 Å². The Balaban J connectivity index is 1.72. The predicted octanol–water partition coefficient (Wildman–Crippen LogP) is 4.80. The molecule has 0 N–H and O–H groups in total. The number of carbonyl (C=O) groups excluding carboxylic acids is 1. The van der Waals surface area contributed by atoms with E-state index in [1.807, 2.05) is 30.3 Å². The third kappa shape index (κ3) is 1.57. The highest BCUT2D eigenvalue weighted by atomic mass is 16.1. The normalized spacial score (nSPS) is 23.2. The van der Waals surface area contributed by atoms with Crippen LogP contribution >= 0.6 is 0 Å². The average molecular weight is 310 g/mol. The molecule has 2 aliphatic rings. The molecule has 0 aromatic heterocycles. The van der Waals surface area contributed by atoms with Crippen molar-refractivity contribution in [1.82, 2.24) is 0 Å². The third-order valence-electron chi connectivity index (χ3n) is 5.98. The van der Waals surface area contributed by atoms with Crippen LogP contribution in [0.15, 0.2) is 84.9 Å². The summed E-state index contributed by atoms with van der Waals surface area (Å²) in [5, 5.41) is 0. The Kier molecular flexibility index (Phi) is 2.67. The van der Waals surface area contributed by atoms with Crippen molar-refractivity contribution in [3.63, 3.8) is 0 Å². The molecule has 0 unspecified atom stereocenters. The van der Waals surface area contributed by atoms with Crippen molar-refractivity contribution in [3.8, 4) is 0 Å². The smallest absolute Gasteiger partial charge is 0.170 e. The van der Waals surface area contributed by atoms with Crippen LogP contribution in [-0.4, -0.2) is 5.78 Å². The molecule has 0 saturated heterocycles. The van der Waals surface area contributed by atoms with E-state index in [4.69, 9.17) is 0 Å². The summed E-state index contributed by atoms with van der Waals surface area (Å²) >= 11 is 0. The standard InChI is InChI=1S/C23H18O/c24-21-20-14-8-7-9-17(20)15-22(21)16-23(22,18-10-3-1-4-11-18)19-12-5-2-6-13-19/h1-14H,15-16H2/t22-/m0/s1. The zero-order chi connectivity index (χ0) is 16.2. The average Bonchev–Trinajstić information content (AvgIpc) is 3.25. The third-order valence-corrected chi connectivity index (χ3v) is 5.98. The monoisotopic (exact) mass is 310 g/mol. The van der Waals surface area contributed by atoms with E-state index in [-0.39, 0.29) is 10.8 Å². The molecule has 1 saturated carbocycles. The summed E-state index contributed by atoms with van der Waals surface area (Å²) in [6.45, 7) is 0. The lowest BCUT2D eigenvalue weighted by Gasteiger charge is -2.23. The minimum Gasteiger partial charge on any atom is -0.293 e. The highest BCUT2D eigenvalue weighted by molar-refractivity contribution is 6.09. The van der Waals surface area contributed by atoms with Gasteiger partial charge < -0.3 is 0 Å². The van der Waals surface area contributed by atoms with Crippen LogP contribution in [0.5, 0.6) is 0 Å². The second kappa shape index (κ2) is 4.67. The molecule has 0 radical (unpaired) electrons. The molecule has 2 aliphatic carbocycles. The first-order chi connectivity index (χ1) is 11.8. The van der Waals surface area contributed by atoms with E-state index in [9.17, 15) is 4.79 Å². The molecule has 0 amide bonds. The second-order valence-electron chi connectivity index (χ2n) is 7.06. The summed E-state index contributed by atoms with van der Waals surface area (Å²) in [4.78, 5) is 13.3. The van der Waals surface area contributed by atoms with Gasteiger partial charge in [-0.1, -0.05) is 84.9 Å². The molecule has 0 bridgehead atoms. The number of carbonyl (C=O) groups is 1. The van der Waals surface area contributed by atoms with Gasteiger partial charge in [0.05, 0.1) is 5.41 Å². The van der Waals surface area contributed by atoms with Crippen LogP contribution in [0.1, 0.15) is 33.5 Å². The summed E-state index contributed by atoms with van der Waals surface area (Å²) in [6, 6.07) is 29.3. The lowest BCUT2D eigenvalue weighted by molar-refractivity contribution is 0.0905. The molecular formula is C23H18O. The highest BCUT2D eigenvalue weighted by Gasteiger charge is 2.74. The number of benzene rings is 3. The molecule has 1 fully saturated rings. The molecule has 24 heavy (non-hydrogen) atoms. The number of hydrogen-bond donors (Lipinski definition) is 0. The number of rotatable bonds is 2. The molecule has 116 valence electrons. The minimum atomic E-state index is -0.306. The van der Waals surface area contributed by atoms with Gasteiger partial charge in [0.2, 0.25) is 0 Å². The maximum absolute atomic E-state index is 13.3. The molecular weight excluding hydrogens is 292 g/mol. The first-order valence-corrected chi connectivity index (χ1v) is 8.52. The summed E-state index contributed by atoms with van der Waals surface area (Å²) in [5.74, 6) is 0.325. The Morgan fingerprint density at radius 2 is 1.21 bits per heavy atom. The summed E-state index contributed by atoms with van der Waals surface area (Å²) < 4.78 is 0. The van der Waals surface area contributed by atoms with Crippen molar-refractivity contribution in [3.05, 3.63) is 107 Å². The molecule has 5 rings (SSSR count). The summed E-state index contributed by atoms with van der Waals surface area (Å²) in [5.41, 5.74) is 4.16. The zero-order valence-corrected chi connectivity index (χ0v) is 13.4. The van der Waals surface area contributed by atoms with E-state index in [0.29, 0.717) is 5.78 Å². The fraction of sp³-hybridized carbons (Fsp3) is 0.174. The van der Waals surface area contributed by atoms with Gasteiger partial charge in [-0.15, -0.1) is 0 Å². The maximum Gasteiger partial charge on any atom is 0.170 e. The molecule has 1 nitrogen and oxygen atoms in total. The molecule has 1 spiro atoms. The van der Waals surface area contributed by atoms with Crippen molar-refractivity contribution < 1.29 is 4.79 Å². The SMILES string of the molecule is O=C1c2ccccc2C[C@]12CC2(c1ccccc1)c1ccccc1. The van der Waals surface area contributed by atoms with Gasteiger partial charge in [-0.05, 0) is 29.5 Å². The molecule has 3 aromatic carbocycles. The van der Waals surface area contributed by atoms with Crippen LogP contribution in [-0.2, 0) is 11.8 Å². The Bertz CT molecular complexity index is 887. The Labute approximate surface area is 142 Å². The fourth-order valence-electron chi connectivity index (χ4n) is 4.82.